The van der Waals surface area contributed by atoms with Crippen LogP contribution in [-0.4, -0.2) is 60.1 Å². The molecule has 0 unspecified atom stereocenters. The van der Waals surface area contributed by atoms with E-state index in [1.54, 1.807) is 0 Å². The average Bonchev–Trinajstić information content (AvgIpc) is 2.48. The van der Waals surface area contributed by atoms with Gasteiger partial charge in [0.05, 0.1) is 6.61 Å². The highest BCUT2D eigenvalue weighted by Gasteiger charge is 2.21. The number of hydrogen-bond acceptors (Lipinski definition) is 4. The number of aliphatic hydroxyl groups is 1. The van der Waals surface area contributed by atoms with Crippen LogP contribution in [0.2, 0.25) is 0 Å². The van der Waals surface area contributed by atoms with Crippen LogP contribution in [0.1, 0.15) is 15.9 Å². The van der Waals surface area contributed by atoms with Crippen molar-refractivity contribution in [3.63, 3.8) is 0 Å². The van der Waals surface area contributed by atoms with Gasteiger partial charge in [-0.1, -0.05) is 12.1 Å². The quantitative estimate of drug-likeness (QED) is 0.795. The molecule has 1 heterocycles. The number of carbonyl (C=O) groups excluding carboxylic acids is 1. The van der Waals surface area contributed by atoms with Crippen molar-refractivity contribution in [3.8, 4) is 0 Å². The Morgan fingerprint density at radius 1 is 1.26 bits per heavy atom. The second-order valence-corrected chi connectivity index (χ2v) is 4.76. The fourth-order valence-electron chi connectivity index (χ4n) is 2.33. The van der Waals surface area contributed by atoms with Crippen molar-refractivity contribution in [1.82, 2.24) is 9.80 Å². The molecule has 104 valence electrons. The van der Waals surface area contributed by atoms with Gasteiger partial charge in [-0.15, -0.1) is 0 Å². The van der Waals surface area contributed by atoms with E-state index >= 15 is 0 Å². The van der Waals surface area contributed by atoms with Crippen molar-refractivity contribution in [2.75, 3.05) is 39.3 Å². The van der Waals surface area contributed by atoms with E-state index in [0.717, 1.165) is 18.7 Å². The van der Waals surface area contributed by atoms with Crippen LogP contribution >= 0.6 is 0 Å². The molecule has 0 radical (unpaired) electrons. The Bertz CT molecular complexity index is 428. The first-order valence-corrected chi connectivity index (χ1v) is 6.66. The van der Waals surface area contributed by atoms with Crippen molar-refractivity contribution < 1.29 is 9.90 Å². The minimum absolute atomic E-state index is 0.0685. The summed E-state index contributed by atoms with van der Waals surface area (Å²) in [5.41, 5.74) is 7.28. The largest absolute Gasteiger partial charge is 0.395 e. The maximum absolute atomic E-state index is 12.3. The van der Waals surface area contributed by atoms with Crippen molar-refractivity contribution in [2.24, 2.45) is 5.73 Å². The lowest BCUT2D eigenvalue weighted by Gasteiger charge is -2.34. The molecule has 1 aromatic rings. The van der Waals surface area contributed by atoms with Gasteiger partial charge < -0.3 is 15.7 Å². The van der Waals surface area contributed by atoms with Crippen molar-refractivity contribution in [1.29, 1.82) is 0 Å². The summed E-state index contributed by atoms with van der Waals surface area (Å²) in [4.78, 5) is 16.4. The molecule has 0 spiro atoms. The van der Waals surface area contributed by atoms with E-state index in [9.17, 15) is 4.79 Å². The van der Waals surface area contributed by atoms with E-state index in [1.165, 1.54) is 0 Å². The van der Waals surface area contributed by atoms with Crippen molar-refractivity contribution in [3.05, 3.63) is 35.4 Å². The van der Waals surface area contributed by atoms with Crippen LogP contribution in [0.3, 0.4) is 0 Å². The standard InChI is InChI=1S/C14H21N3O2/c15-11-12-2-1-3-13(10-12)14(19)17-6-4-16(5-7-17)8-9-18/h1-3,10,18H,4-9,11,15H2. The Morgan fingerprint density at radius 3 is 2.63 bits per heavy atom. The number of nitrogens with two attached hydrogens (primary N) is 1. The summed E-state index contributed by atoms with van der Waals surface area (Å²) in [5.74, 6) is 0.0685. The third-order valence-corrected chi connectivity index (χ3v) is 3.49. The first kappa shape index (κ1) is 14.0. The van der Waals surface area contributed by atoms with E-state index in [2.05, 4.69) is 4.90 Å². The van der Waals surface area contributed by atoms with Crippen LogP contribution in [0.5, 0.6) is 0 Å². The number of β-amino-alcohol motifs (C(OH)–C–C–N with tert-alkyl or cyclic N) is 1. The lowest BCUT2D eigenvalue weighted by Crippen LogP contribution is -2.49. The maximum atomic E-state index is 12.3. The first-order valence-electron chi connectivity index (χ1n) is 6.66. The highest BCUT2D eigenvalue weighted by Crippen LogP contribution is 2.10. The molecule has 1 saturated heterocycles. The van der Waals surface area contributed by atoms with Crippen LogP contribution in [0.15, 0.2) is 24.3 Å². The van der Waals surface area contributed by atoms with Gasteiger partial charge in [-0.2, -0.15) is 0 Å². The zero-order chi connectivity index (χ0) is 13.7. The van der Waals surface area contributed by atoms with Gasteiger partial charge in [0.25, 0.3) is 5.91 Å². The first-order chi connectivity index (χ1) is 9.24. The molecule has 0 atom stereocenters. The molecule has 5 nitrogen and oxygen atoms in total. The molecule has 1 amide bonds. The molecule has 0 aromatic heterocycles. The van der Waals surface area contributed by atoms with E-state index in [1.807, 2.05) is 29.2 Å². The molecule has 5 heteroatoms. The molecule has 0 aliphatic carbocycles. The molecular weight excluding hydrogens is 242 g/mol. The highest BCUT2D eigenvalue weighted by molar-refractivity contribution is 5.94. The van der Waals surface area contributed by atoms with Gasteiger partial charge in [-0.05, 0) is 17.7 Å². The molecule has 2 rings (SSSR count). The van der Waals surface area contributed by atoms with Crippen molar-refractivity contribution >= 4 is 5.91 Å². The van der Waals surface area contributed by atoms with Gasteiger partial charge in [0, 0.05) is 44.8 Å². The summed E-state index contributed by atoms with van der Waals surface area (Å²) in [7, 11) is 0. The van der Waals surface area contributed by atoms with Crippen LogP contribution in [-0.2, 0) is 6.54 Å². The number of amides is 1. The summed E-state index contributed by atoms with van der Waals surface area (Å²) in [5, 5.41) is 8.90. The normalized spacial score (nSPS) is 16.6. The maximum Gasteiger partial charge on any atom is 0.253 e. The van der Waals surface area contributed by atoms with Gasteiger partial charge in [0.15, 0.2) is 0 Å². The minimum atomic E-state index is 0.0685. The number of aliphatic hydroxyl groups excluding tert-OH is 1. The summed E-state index contributed by atoms with van der Waals surface area (Å²) in [6, 6.07) is 7.50. The molecule has 0 saturated carbocycles. The van der Waals surface area contributed by atoms with E-state index in [4.69, 9.17) is 10.8 Å². The Balaban J connectivity index is 1.97. The highest BCUT2D eigenvalue weighted by atomic mass is 16.3. The molecule has 1 aliphatic heterocycles. The Morgan fingerprint density at radius 2 is 2.00 bits per heavy atom. The smallest absolute Gasteiger partial charge is 0.253 e. The van der Waals surface area contributed by atoms with Gasteiger partial charge in [0.1, 0.15) is 0 Å². The van der Waals surface area contributed by atoms with Crippen LogP contribution < -0.4 is 5.73 Å². The summed E-state index contributed by atoms with van der Waals surface area (Å²) in [6.07, 6.45) is 0. The molecule has 0 bridgehead atoms. The number of nitrogens with zero attached hydrogens (tertiary/aromatic N) is 2. The van der Waals surface area contributed by atoms with Gasteiger partial charge >= 0.3 is 0 Å². The average molecular weight is 263 g/mol. The third-order valence-electron chi connectivity index (χ3n) is 3.49. The molecular formula is C14H21N3O2. The Hall–Kier alpha value is -1.43. The number of piperazine rings is 1. The second-order valence-electron chi connectivity index (χ2n) is 4.76. The summed E-state index contributed by atoms with van der Waals surface area (Å²) < 4.78 is 0. The zero-order valence-corrected chi connectivity index (χ0v) is 11.1. The molecule has 19 heavy (non-hydrogen) atoms. The molecule has 1 aliphatic rings. The van der Waals surface area contributed by atoms with Gasteiger partial charge in [0.2, 0.25) is 0 Å². The molecule has 3 N–H and O–H groups in total. The fraction of sp³-hybridized carbons (Fsp3) is 0.500. The predicted molar refractivity (Wildman–Crippen MR) is 73.8 cm³/mol. The number of carbonyl (C=O) groups is 1. The summed E-state index contributed by atoms with van der Waals surface area (Å²) >= 11 is 0. The lowest BCUT2D eigenvalue weighted by atomic mass is 10.1. The second kappa shape index (κ2) is 6.65. The van der Waals surface area contributed by atoms with Gasteiger partial charge in [-0.25, -0.2) is 0 Å². The van der Waals surface area contributed by atoms with E-state index in [0.29, 0.717) is 31.7 Å². The SMILES string of the molecule is NCc1cccc(C(=O)N2CCN(CCO)CC2)c1. The fourth-order valence-corrected chi connectivity index (χ4v) is 2.33. The minimum Gasteiger partial charge on any atom is -0.395 e. The van der Waals surface area contributed by atoms with Gasteiger partial charge in [-0.3, -0.25) is 9.69 Å². The Labute approximate surface area is 113 Å². The number of hydrogen-bond donors (Lipinski definition) is 2. The summed E-state index contributed by atoms with van der Waals surface area (Å²) in [6.45, 7) is 4.38. The third kappa shape index (κ3) is 3.53. The number of rotatable bonds is 4. The monoisotopic (exact) mass is 263 g/mol. The topological polar surface area (TPSA) is 69.8 Å². The Kier molecular flexibility index (Phi) is 4.90. The molecule has 1 fully saturated rings. The zero-order valence-electron chi connectivity index (χ0n) is 11.1. The van der Waals surface area contributed by atoms with Crippen LogP contribution in [0, 0.1) is 0 Å². The predicted octanol–water partition coefficient (Wildman–Crippen LogP) is -0.105. The lowest BCUT2D eigenvalue weighted by molar-refractivity contribution is 0.0615. The van der Waals surface area contributed by atoms with Crippen molar-refractivity contribution in [2.45, 2.75) is 6.54 Å². The van der Waals surface area contributed by atoms with Crippen LogP contribution in [0.4, 0.5) is 0 Å². The van der Waals surface area contributed by atoms with E-state index < -0.39 is 0 Å². The van der Waals surface area contributed by atoms with E-state index in [-0.39, 0.29) is 12.5 Å². The van der Waals surface area contributed by atoms with Crippen LogP contribution in [0.25, 0.3) is 0 Å². The number of benzene rings is 1. The molecule has 1 aromatic carbocycles.